The average Bonchev–Trinajstić information content (AvgIpc) is 3.23. The molecule has 1 aliphatic heterocycles. The molecule has 4 heterocycles. The highest BCUT2D eigenvalue weighted by molar-refractivity contribution is 5.45. The van der Waals surface area contributed by atoms with E-state index in [-0.39, 0.29) is 17.2 Å². The number of hydrogen-bond acceptors (Lipinski definition) is 6. The smallest absolute Gasteiger partial charge is 0.272 e. The Morgan fingerprint density at radius 3 is 2.83 bits per heavy atom. The van der Waals surface area contributed by atoms with Crippen molar-refractivity contribution in [3.05, 3.63) is 63.1 Å². The van der Waals surface area contributed by atoms with Crippen LogP contribution in [-0.4, -0.2) is 55.6 Å². The summed E-state index contributed by atoms with van der Waals surface area (Å²) >= 11 is 0. The van der Waals surface area contributed by atoms with E-state index in [4.69, 9.17) is 4.74 Å². The molecule has 1 unspecified atom stereocenters. The summed E-state index contributed by atoms with van der Waals surface area (Å²) in [5, 5.41) is 14.8. The molecule has 1 aliphatic rings. The summed E-state index contributed by atoms with van der Waals surface area (Å²) in [4.78, 5) is 29.1. The topological polar surface area (TPSA) is 105 Å². The molecule has 1 fully saturated rings. The van der Waals surface area contributed by atoms with Gasteiger partial charge >= 0.3 is 0 Å². The van der Waals surface area contributed by atoms with Crippen LogP contribution in [0.5, 0.6) is 5.88 Å². The van der Waals surface area contributed by atoms with Gasteiger partial charge in [0, 0.05) is 43.3 Å². The van der Waals surface area contributed by atoms with Crippen molar-refractivity contribution in [1.29, 1.82) is 0 Å². The van der Waals surface area contributed by atoms with Gasteiger partial charge in [0.1, 0.15) is 11.7 Å². The van der Waals surface area contributed by atoms with Gasteiger partial charge in [0.25, 0.3) is 11.1 Å². The number of likely N-dealkylation sites (tertiary alicyclic amines) is 1. The molecule has 4 rings (SSSR count). The predicted octanol–water partition coefficient (Wildman–Crippen LogP) is 1.17. The molecular weight excluding hydrogens is 386 g/mol. The summed E-state index contributed by atoms with van der Waals surface area (Å²) in [6.07, 6.45) is 6.81. The van der Waals surface area contributed by atoms with Crippen molar-refractivity contribution >= 4 is 5.52 Å². The van der Waals surface area contributed by atoms with Crippen molar-refractivity contribution in [3.63, 3.8) is 0 Å². The molecule has 0 radical (unpaired) electrons. The Labute approximate surface area is 173 Å². The van der Waals surface area contributed by atoms with Gasteiger partial charge in [-0.3, -0.25) is 14.5 Å². The van der Waals surface area contributed by atoms with Crippen molar-refractivity contribution < 1.29 is 9.84 Å². The van der Waals surface area contributed by atoms with E-state index < -0.39 is 6.23 Å². The van der Waals surface area contributed by atoms with Crippen LogP contribution >= 0.6 is 0 Å². The van der Waals surface area contributed by atoms with Gasteiger partial charge in [-0.05, 0) is 44.2 Å². The third-order valence-electron chi connectivity index (χ3n) is 5.77. The van der Waals surface area contributed by atoms with Gasteiger partial charge in [-0.2, -0.15) is 0 Å². The van der Waals surface area contributed by atoms with Crippen LogP contribution in [0.15, 0.2) is 46.2 Å². The van der Waals surface area contributed by atoms with Crippen molar-refractivity contribution in [2.24, 2.45) is 0 Å². The highest BCUT2D eigenvalue weighted by atomic mass is 16.5. The molecule has 0 aliphatic carbocycles. The van der Waals surface area contributed by atoms with E-state index >= 15 is 0 Å². The molecule has 0 bridgehead atoms. The van der Waals surface area contributed by atoms with Crippen LogP contribution < -0.4 is 15.9 Å². The Morgan fingerprint density at radius 2 is 2.07 bits per heavy atom. The standard InChI is InChI=1S/C21H27N5O4/c1-30-18-7-8-20(28)26(23-18)16-9-12-24(13-10-16)19(27)6-2-4-15-14-25-11-3-5-17(25)21(29)22-15/h3,5,7-8,11,14,16,19,27H,2,4,6,9-10,12-13H2,1H3,(H,22,29). The number of aromatic nitrogens is 4. The fourth-order valence-corrected chi connectivity index (χ4v) is 4.10. The maximum absolute atomic E-state index is 12.1. The highest BCUT2D eigenvalue weighted by Crippen LogP contribution is 2.23. The van der Waals surface area contributed by atoms with Crippen LogP contribution in [0.1, 0.15) is 37.4 Å². The van der Waals surface area contributed by atoms with Crippen molar-refractivity contribution in [2.45, 2.75) is 44.4 Å². The second kappa shape index (κ2) is 8.85. The van der Waals surface area contributed by atoms with Crippen molar-refractivity contribution in [3.8, 4) is 5.88 Å². The number of rotatable bonds is 7. The molecule has 160 valence electrons. The van der Waals surface area contributed by atoms with E-state index in [2.05, 4.69) is 10.1 Å². The minimum atomic E-state index is -0.539. The molecular formula is C21H27N5O4. The lowest BCUT2D eigenvalue weighted by Crippen LogP contribution is -2.43. The van der Waals surface area contributed by atoms with E-state index in [9.17, 15) is 14.7 Å². The molecule has 3 aromatic heterocycles. The quantitative estimate of drug-likeness (QED) is 0.603. The number of aliphatic hydroxyl groups excluding tert-OH is 1. The summed E-state index contributed by atoms with van der Waals surface area (Å²) in [7, 11) is 1.53. The lowest BCUT2D eigenvalue weighted by molar-refractivity contribution is -0.0230. The van der Waals surface area contributed by atoms with Crippen molar-refractivity contribution in [2.75, 3.05) is 20.2 Å². The molecule has 1 atom stereocenters. The number of piperidine rings is 1. The van der Waals surface area contributed by atoms with E-state index in [1.165, 1.54) is 17.9 Å². The SMILES string of the molecule is COc1ccc(=O)n(C2CCN(C(O)CCCc3cn4cccc4c(=O)[nH]3)CC2)n1. The third kappa shape index (κ3) is 4.31. The van der Waals surface area contributed by atoms with Gasteiger partial charge in [0.15, 0.2) is 0 Å². The Morgan fingerprint density at radius 1 is 1.27 bits per heavy atom. The number of nitrogens with zero attached hydrogens (tertiary/aromatic N) is 4. The van der Waals surface area contributed by atoms with Crippen LogP contribution in [0.2, 0.25) is 0 Å². The van der Waals surface area contributed by atoms with Crippen molar-refractivity contribution in [1.82, 2.24) is 24.1 Å². The summed E-state index contributed by atoms with van der Waals surface area (Å²) in [5.74, 6) is 0.424. The zero-order valence-electron chi connectivity index (χ0n) is 17.0. The number of nitrogens with one attached hydrogen (secondary N) is 1. The van der Waals surface area contributed by atoms with Crippen LogP contribution in [0, 0.1) is 0 Å². The maximum atomic E-state index is 12.1. The first kappa shape index (κ1) is 20.4. The Bertz CT molecular complexity index is 1110. The summed E-state index contributed by atoms with van der Waals surface area (Å²) in [6, 6.07) is 6.68. The Balaban J connectivity index is 1.28. The fraction of sp³-hybridized carbons (Fsp3) is 0.476. The molecule has 9 nitrogen and oxygen atoms in total. The Hall–Kier alpha value is -2.91. The summed E-state index contributed by atoms with van der Waals surface area (Å²) < 4.78 is 8.44. The van der Waals surface area contributed by atoms with Crippen LogP contribution in [0.4, 0.5) is 0 Å². The van der Waals surface area contributed by atoms with Gasteiger partial charge in [0.2, 0.25) is 5.88 Å². The van der Waals surface area contributed by atoms with Gasteiger partial charge in [-0.25, -0.2) is 4.68 Å². The normalized spacial score (nSPS) is 16.7. The Kier molecular flexibility index (Phi) is 6.01. The molecule has 3 aromatic rings. The number of hydrogen-bond donors (Lipinski definition) is 2. The van der Waals surface area contributed by atoms with Crippen LogP contribution in [0.25, 0.3) is 5.52 Å². The molecule has 1 saturated heterocycles. The summed E-state index contributed by atoms with van der Waals surface area (Å²) in [5.41, 5.74) is 1.26. The predicted molar refractivity (Wildman–Crippen MR) is 112 cm³/mol. The van der Waals surface area contributed by atoms with Gasteiger partial charge < -0.3 is 19.2 Å². The first-order valence-electron chi connectivity index (χ1n) is 10.3. The van der Waals surface area contributed by atoms with Crippen LogP contribution in [-0.2, 0) is 6.42 Å². The largest absolute Gasteiger partial charge is 0.480 e. The molecule has 0 aromatic carbocycles. The van der Waals surface area contributed by atoms with E-state index in [1.54, 1.807) is 12.1 Å². The number of fused-ring (bicyclic) bond motifs is 1. The minimum absolute atomic E-state index is 0.00873. The minimum Gasteiger partial charge on any atom is -0.480 e. The first-order valence-corrected chi connectivity index (χ1v) is 10.3. The molecule has 9 heteroatoms. The lowest BCUT2D eigenvalue weighted by Gasteiger charge is -2.35. The number of aliphatic hydroxyl groups is 1. The molecule has 2 N–H and O–H groups in total. The fourth-order valence-electron chi connectivity index (χ4n) is 4.10. The maximum Gasteiger partial charge on any atom is 0.272 e. The van der Waals surface area contributed by atoms with Crippen LogP contribution in [0.3, 0.4) is 0 Å². The van der Waals surface area contributed by atoms with Gasteiger partial charge in [-0.15, -0.1) is 5.10 Å². The number of ether oxygens (including phenoxy) is 1. The molecule has 30 heavy (non-hydrogen) atoms. The zero-order chi connectivity index (χ0) is 21.1. The zero-order valence-corrected chi connectivity index (χ0v) is 17.0. The molecule has 0 saturated carbocycles. The van der Waals surface area contributed by atoms with E-state index in [0.717, 1.165) is 25.0 Å². The molecule has 0 spiro atoms. The highest BCUT2D eigenvalue weighted by Gasteiger charge is 2.26. The van der Waals surface area contributed by atoms with Gasteiger partial charge in [-0.1, -0.05) is 0 Å². The first-order chi connectivity index (χ1) is 14.5. The van der Waals surface area contributed by atoms with E-state index in [0.29, 0.717) is 37.3 Å². The monoisotopic (exact) mass is 413 g/mol. The van der Waals surface area contributed by atoms with Gasteiger partial charge in [0.05, 0.1) is 13.2 Å². The average molecular weight is 413 g/mol. The number of aryl methyl sites for hydroxylation is 1. The summed E-state index contributed by atoms with van der Waals surface area (Å²) in [6.45, 7) is 1.40. The second-order valence-electron chi connectivity index (χ2n) is 7.71. The number of aromatic amines is 1. The third-order valence-corrected chi connectivity index (χ3v) is 5.77. The second-order valence-corrected chi connectivity index (χ2v) is 7.71. The molecule has 0 amide bonds. The number of methoxy groups -OCH3 is 1. The van der Waals surface area contributed by atoms with E-state index in [1.807, 2.05) is 27.8 Å². The lowest BCUT2D eigenvalue weighted by atomic mass is 10.0. The number of H-pyrrole nitrogens is 1.